The molecule has 2 nitrogen and oxygen atoms in total. The summed E-state index contributed by atoms with van der Waals surface area (Å²) >= 11 is 0. The molecule has 0 unspecified atom stereocenters. The van der Waals surface area contributed by atoms with Gasteiger partial charge >= 0.3 is 0 Å². The van der Waals surface area contributed by atoms with Crippen LogP contribution in [-0.4, -0.2) is 30.7 Å². The highest BCUT2D eigenvalue weighted by atomic mass is 19.2. The highest BCUT2D eigenvalue weighted by Gasteiger charge is 2.18. The van der Waals surface area contributed by atoms with Gasteiger partial charge in [-0.1, -0.05) is 0 Å². The van der Waals surface area contributed by atoms with Crippen LogP contribution < -0.4 is 0 Å². The summed E-state index contributed by atoms with van der Waals surface area (Å²) in [5, 5.41) is 0. The first kappa shape index (κ1) is 12.4. The van der Waals surface area contributed by atoms with Crippen LogP contribution in [0.2, 0.25) is 0 Å². The number of ether oxygens (including phenoxy) is 1. The Bertz CT molecular complexity index is 388. The third-order valence-corrected chi connectivity index (χ3v) is 2.77. The van der Waals surface area contributed by atoms with E-state index in [2.05, 4.69) is 0 Å². The summed E-state index contributed by atoms with van der Waals surface area (Å²) in [7, 11) is 0. The maximum absolute atomic E-state index is 13.0. The zero-order valence-electron chi connectivity index (χ0n) is 9.55. The van der Waals surface area contributed by atoms with Gasteiger partial charge in [0, 0.05) is 19.6 Å². The molecular formula is C12H14F3NO. The fourth-order valence-corrected chi connectivity index (χ4v) is 1.99. The van der Waals surface area contributed by atoms with E-state index in [1.807, 2.05) is 11.8 Å². The van der Waals surface area contributed by atoms with Gasteiger partial charge in [0.05, 0.1) is 12.7 Å². The highest BCUT2D eigenvalue weighted by molar-refractivity contribution is 5.19. The average molecular weight is 245 g/mol. The lowest BCUT2D eigenvalue weighted by molar-refractivity contribution is -0.0212. The van der Waals surface area contributed by atoms with Crippen LogP contribution in [-0.2, 0) is 11.3 Å². The van der Waals surface area contributed by atoms with Crippen molar-refractivity contribution in [1.29, 1.82) is 0 Å². The molecule has 94 valence electrons. The summed E-state index contributed by atoms with van der Waals surface area (Å²) < 4.78 is 44.2. The number of rotatable bonds is 2. The first-order valence-electron chi connectivity index (χ1n) is 5.53. The van der Waals surface area contributed by atoms with E-state index in [9.17, 15) is 13.2 Å². The molecule has 1 saturated heterocycles. The molecule has 1 atom stereocenters. The Kier molecular flexibility index (Phi) is 3.69. The van der Waals surface area contributed by atoms with E-state index in [0.717, 1.165) is 12.1 Å². The van der Waals surface area contributed by atoms with Crippen molar-refractivity contribution in [1.82, 2.24) is 4.90 Å². The number of morpholine rings is 1. The van der Waals surface area contributed by atoms with Crippen molar-refractivity contribution < 1.29 is 17.9 Å². The van der Waals surface area contributed by atoms with Crippen LogP contribution in [0.25, 0.3) is 0 Å². The maximum atomic E-state index is 13.0. The molecule has 1 aromatic rings. The molecule has 1 aliphatic rings. The van der Waals surface area contributed by atoms with E-state index in [4.69, 9.17) is 4.74 Å². The number of halogens is 3. The number of benzene rings is 1. The Labute approximate surface area is 98.0 Å². The van der Waals surface area contributed by atoms with E-state index in [-0.39, 0.29) is 6.10 Å². The zero-order valence-corrected chi connectivity index (χ0v) is 9.55. The van der Waals surface area contributed by atoms with E-state index in [1.165, 1.54) is 0 Å². The molecular weight excluding hydrogens is 231 g/mol. The summed E-state index contributed by atoms with van der Waals surface area (Å²) in [6.45, 7) is 4.37. The Hall–Kier alpha value is -1.07. The second kappa shape index (κ2) is 5.06. The van der Waals surface area contributed by atoms with Crippen LogP contribution >= 0.6 is 0 Å². The molecule has 1 heterocycles. The molecule has 5 heteroatoms. The van der Waals surface area contributed by atoms with Crippen LogP contribution in [0.4, 0.5) is 13.2 Å². The van der Waals surface area contributed by atoms with E-state index in [1.54, 1.807) is 0 Å². The summed E-state index contributed by atoms with van der Waals surface area (Å²) in [6, 6.07) is 2.08. The molecule has 1 fully saturated rings. The fraction of sp³-hybridized carbons (Fsp3) is 0.500. The standard InChI is InChI=1S/C12H14F3NO/c1-8-6-16(2-3-17-8)7-9-4-10(13)12(15)11(14)5-9/h4-5,8H,2-3,6-7H2,1H3/t8-/m1/s1. The third kappa shape index (κ3) is 2.98. The van der Waals surface area contributed by atoms with Gasteiger partial charge in [0.2, 0.25) is 0 Å². The summed E-state index contributed by atoms with van der Waals surface area (Å²) in [5.74, 6) is -3.69. The van der Waals surface area contributed by atoms with Gasteiger partial charge in [-0.15, -0.1) is 0 Å². The van der Waals surface area contributed by atoms with E-state index >= 15 is 0 Å². The molecule has 0 aromatic heterocycles. The smallest absolute Gasteiger partial charge is 0.194 e. The minimum atomic E-state index is -1.41. The lowest BCUT2D eigenvalue weighted by atomic mass is 10.1. The van der Waals surface area contributed by atoms with Crippen LogP contribution in [0.15, 0.2) is 12.1 Å². The predicted octanol–water partition coefficient (Wildman–Crippen LogP) is 2.32. The molecule has 2 rings (SSSR count). The summed E-state index contributed by atoms with van der Waals surface area (Å²) in [4.78, 5) is 2.03. The Balaban J connectivity index is 2.08. The van der Waals surface area contributed by atoms with Crippen LogP contribution in [0, 0.1) is 17.5 Å². The molecule has 0 amide bonds. The number of hydrogen-bond donors (Lipinski definition) is 0. The maximum Gasteiger partial charge on any atom is 0.194 e. The monoisotopic (exact) mass is 245 g/mol. The molecule has 0 aliphatic carbocycles. The Morgan fingerprint density at radius 1 is 1.29 bits per heavy atom. The van der Waals surface area contributed by atoms with E-state index < -0.39 is 17.5 Å². The lowest BCUT2D eigenvalue weighted by Gasteiger charge is -2.31. The van der Waals surface area contributed by atoms with Crippen molar-refractivity contribution in [3.63, 3.8) is 0 Å². The fourth-order valence-electron chi connectivity index (χ4n) is 1.99. The molecule has 0 radical (unpaired) electrons. The van der Waals surface area contributed by atoms with Crippen molar-refractivity contribution in [3.8, 4) is 0 Å². The van der Waals surface area contributed by atoms with Crippen LogP contribution in [0.5, 0.6) is 0 Å². The largest absolute Gasteiger partial charge is 0.376 e. The number of nitrogens with zero attached hydrogens (tertiary/aromatic N) is 1. The zero-order chi connectivity index (χ0) is 12.4. The van der Waals surface area contributed by atoms with Crippen LogP contribution in [0.1, 0.15) is 12.5 Å². The van der Waals surface area contributed by atoms with Crippen molar-refractivity contribution in [2.24, 2.45) is 0 Å². The first-order valence-corrected chi connectivity index (χ1v) is 5.53. The molecule has 1 aromatic carbocycles. The van der Waals surface area contributed by atoms with Gasteiger partial charge in [0.25, 0.3) is 0 Å². The Morgan fingerprint density at radius 3 is 2.53 bits per heavy atom. The van der Waals surface area contributed by atoms with Crippen molar-refractivity contribution in [2.75, 3.05) is 19.7 Å². The third-order valence-electron chi connectivity index (χ3n) is 2.77. The second-order valence-electron chi connectivity index (χ2n) is 4.29. The molecule has 0 N–H and O–H groups in total. The molecule has 0 spiro atoms. The molecule has 17 heavy (non-hydrogen) atoms. The highest BCUT2D eigenvalue weighted by Crippen LogP contribution is 2.16. The van der Waals surface area contributed by atoms with Gasteiger partial charge in [-0.05, 0) is 24.6 Å². The normalized spacial score (nSPS) is 21.8. The summed E-state index contributed by atoms with van der Waals surface area (Å²) in [6.07, 6.45) is 0.110. The van der Waals surface area contributed by atoms with Gasteiger partial charge < -0.3 is 4.74 Å². The van der Waals surface area contributed by atoms with Gasteiger partial charge in [-0.3, -0.25) is 4.90 Å². The second-order valence-corrected chi connectivity index (χ2v) is 4.29. The average Bonchev–Trinajstić information content (AvgIpc) is 2.26. The van der Waals surface area contributed by atoms with Gasteiger partial charge in [-0.25, -0.2) is 13.2 Å². The van der Waals surface area contributed by atoms with Gasteiger partial charge in [0.1, 0.15) is 0 Å². The quantitative estimate of drug-likeness (QED) is 0.741. The lowest BCUT2D eigenvalue weighted by Crippen LogP contribution is -2.40. The predicted molar refractivity (Wildman–Crippen MR) is 57.0 cm³/mol. The first-order chi connectivity index (χ1) is 8.06. The van der Waals surface area contributed by atoms with E-state index in [0.29, 0.717) is 31.8 Å². The Morgan fingerprint density at radius 2 is 1.94 bits per heavy atom. The van der Waals surface area contributed by atoms with Crippen molar-refractivity contribution >= 4 is 0 Å². The minimum Gasteiger partial charge on any atom is -0.376 e. The molecule has 0 saturated carbocycles. The van der Waals surface area contributed by atoms with Gasteiger partial charge in [0.15, 0.2) is 17.5 Å². The summed E-state index contributed by atoms with van der Waals surface area (Å²) in [5.41, 5.74) is 0.440. The van der Waals surface area contributed by atoms with Crippen molar-refractivity contribution in [3.05, 3.63) is 35.1 Å². The van der Waals surface area contributed by atoms with Gasteiger partial charge in [-0.2, -0.15) is 0 Å². The number of hydrogen-bond acceptors (Lipinski definition) is 2. The van der Waals surface area contributed by atoms with Crippen LogP contribution in [0.3, 0.4) is 0 Å². The SMILES string of the molecule is C[C@@H]1CN(Cc2cc(F)c(F)c(F)c2)CCO1. The topological polar surface area (TPSA) is 12.5 Å². The van der Waals surface area contributed by atoms with Crippen molar-refractivity contribution in [2.45, 2.75) is 19.6 Å². The minimum absolute atomic E-state index is 0.110. The molecule has 1 aliphatic heterocycles. The molecule has 0 bridgehead atoms.